The molecule has 16 heavy (non-hydrogen) atoms. The summed E-state index contributed by atoms with van der Waals surface area (Å²) in [5, 5.41) is 0. The van der Waals surface area contributed by atoms with Gasteiger partial charge < -0.3 is 10.6 Å². The van der Waals surface area contributed by atoms with Crippen LogP contribution in [0.3, 0.4) is 0 Å². The summed E-state index contributed by atoms with van der Waals surface area (Å²) >= 11 is 0. The molecule has 0 heterocycles. The molecule has 1 aliphatic rings. The Kier molecular flexibility index (Phi) is 4.82. The average Bonchev–Trinajstić information content (AvgIpc) is 2.27. The number of likely N-dealkylation sites (N-methyl/N-ethyl adjacent to an activating group) is 1. The highest BCUT2D eigenvalue weighted by atomic mass is 16.2. The monoisotopic (exact) mass is 222 g/mol. The van der Waals surface area contributed by atoms with E-state index in [-0.39, 0.29) is 5.91 Å². The van der Waals surface area contributed by atoms with E-state index in [4.69, 9.17) is 12.2 Å². The first-order valence-corrected chi connectivity index (χ1v) is 6.02. The number of terminal acetylenes is 1. The van der Waals surface area contributed by atoms with Gasteiger partial charge in [0, 0.05) is 19.5 Å². The zero-order valence-electron chi connectivity index (χ0n) is 10.3. The lowest BCUT2D eigenvalue weighted by Gasteiger charge is -2.35. The highest BCUT2D eigenvalue weighted by Crippen LogP contribution is 2.26. The molecule has 1 rings (SSSR count). The maximum atomic E-state index is 11.9. The van der Waals surface area contributed by atoms with Crippen LogP contribution < -0.4 is 5.73 Å². The summed E-state index contributed by atoms with van der Waals surface area (Å²) in [6, 6.07) is -0.188. The van der Waals surface area contributed by atoms with Gasteiger partial charge in [-0.15, -0.1) is 12.3 Å². The molecular formula is C13H22N2O. The van der Waals surface area contributed by atoms with Crippen LogP contribution in [0.4, 0.5) is 0 Å². The molecule has 0 aliphatic heterocycles. The van der Waals surface area contributed by atoms with Gasteiger partial charge in [0.25, 0.3) is 0 Å². The average molecular weight is 222 g/mol. The molecule has 0 saturated heterocycles. The third-order valence-electron chi connectivity index (χ3n) is 3.46. The first kappa shape index (κ1) is 13.1. The van der Waals surface area contributed by atoms with E-state index < -0.39 is 6.04 Å². The molecular weight excluding hydrogens is 200 g/mol. The van der Waals surface area contributed by atoms with Crippen molar-refractivity contribution >= 4 is 5.91 Å². The molecule has 1 aliphatic carbocycles. The fourth-order valence-electron chi connectivity index (χ4n) is 2.41. The van der Waals surface area contributed by atoms with E-state index in [0.717, 1.165) is 12.8 Å². The Labute approximate surface area is 98.4 Å². The van der Waals surface area contributed by atoms with E-state index in [9.17, 15) is 4.79 Å². The fourth-order valence-corrected chi connectivity index (χ4v) is 2.41. The Morgan fingerprint density at radius 3 is 2.88 bits per heavy atom. The summed E-state index contributed by atoms with van der Waals surface area (Å²) < 4.78 is 0. The van der Waals surface area contributed by atoms with Crippen LogP contribution in [-0.2, 0) is 4.79 Å². The standard InChI is InChI=1S/C13H22N2O/c1-4-6-12(14)13(16)15(3)11-8-5-7-10(2)9-11/h1,10-12H,5-9,14H2,2-3H3. The maximum Gasteiger partial charge on any atom is 0.240 e. The van der Waals surface area contributed by atoms with Gasteiger partial charge in [0.15, 0.2) is 0 Å². The molecule has 0 bridgehead atoms. The van der Waals surface area contributed by atoms with Gasteiger partial charge in [-0.1, -0.05) is 19.8 Å². The van der Waals surface area contributed by atoms with E-state index in [1.165, 1.54) is 12.8 Å². The van der Waals surface area contributed by atoms with E-state index in [0.29, 0.717) is 18.4 Å². The van der Waals surface area contributed by atoms with Gasteiger partial charge in [0.1, 0.15) is 0 Å². The molecule has 2 N–H and O–H groups in total. The van der Waals surface area contributed by atoms with Crippen molar-refractivity contribution in [3.05, 3.63) is 0 Å². The molecule has 0 aromatic carbocycles. The van der Waals surface area contributed by atoms with Crippen molar-refractivity contribution in [2.24, 2.45) is 11.7 Å². The van der Waals surface area contributed by atoms with E-state index in [1.807, 2.05) is 7.05 Å². The summed E-state index contributed by atoms with van der Waals surface area (Å²) in [7, 11) is 1.85. The lowest BCUT2D eigenvalue weighted by molar-refractivity contribution is -0.134. The number of carbonyl (C=O) groups is 1. The molecule has 3 nitrogen and oxygen atoms in total. The van der Waals surface area contributed by atoms with Crippen LogP contribution in [0.25, 0.3) is 0 Å². The summed E-state index contributed by atoms with van der Waals surface area (Å²) in [6.45, 7) is 2.24. The fraction of sp³-hybridized carbons (Fsp3) is 0.769. The van der Waals surface area contributed by atoms with Crippen molar-refractivity contribution in [3.63, 3.8) is 0 Å². The molecule has 1 amide bonds. The minimum atomic E-state index is -0.535. The van der Waals surface area contributed by atoms with Crippen molar-refractivity contribution in [2.45, 2.75) is 51.1 Å². The molecule has 1 fully saturated rings. The molecule has 90 valence electrons. The van der Waals surface area contributed by atoms with Gasteiger partial charge in [-0.3, -0.25) is 4.79 Å². The van der Waals surface area contributed by atoms with Gasteiger partial charge >= 0.3 is 0 Å². The molecule has 0 aromatic heterocycles. The second-order valence-electron chi connectivity index (χ2n) is 4.89. The molecule has 1 saturated carbocycles. The van der Waals surface area contributed by atoms with Crippen LogP contribution in [0.5, 0.6) is 0 Å². The zero-order valence-corrected chi connectivity index (χ0v) is 10.3. The summed E-state index contributed by atoms with van der Waals surface area (Å²) in [6.07, 6.45) is 10.1. The highest BCUT2D eigenvalue weighted by Gasteiger charge is 2.27. The topological polar surface area (TPSA) is 46.3 Å². The Bertz CT molecular complexity index is 282. The lowest BCUT2D eigenvalue weighted by atomic mass is 9.86. The number of rotatable bonds is 3. The van der Waals surface area contributed by atoms with Crippen LogP contribution in [0.1, 0.15) is 39.0 Å². The zero-order chi connectivity index (χ0) is 12.1. The van der Waals surface area contributed by atoms with Crippen LogP contribution >= 0.6 is 0 Å². The van der Waals surface area contributed by atoms with Gasteiger partial charge in [0.2, 0.25) is 5.91 Å². The third kappa shape index (κ3) is 3.24. The van der Waals surface area contributed by atoms with Crippen molar-refractivity contribution in [2.75, 3.05) is 7.05 Å². The Morgan fingerprint density at radius 2 is 2.31 bits per heavy atom. The van der Waals surface area contributed by atoms with Crippen LogP contribution in [0.2, 0.25) is 0 Å². The predicted molar refractivity (Wildman–Crippen MR) is 65.6 cm³/mol. The van der Waals surface area contributed by atoms with Crippen molar-refractivity contribution in [3.8, 4) is 12.3 Å². The number of hydrogen-bond acceptors (Lipinski definition) is 2. The van der Waals surface area contributed by atoms with E-state index in [1.54, 1.807) is 4.90 Å². The summed E-state index contributed by atoms with van der Waals surface area (Å²) in [5.74, 6) is 3.13. The van der Waals surface area contributed by atoms with Gasteiger partial charge in [-0.25, -0.2) is 0 Å². The quantitative estimate of drug-likeness (QED) is 0.733. The number of carbonyl (C=O) groups excluding carboxylic acids is 1. The molecule has 3 atom stereocenters. The van der Waals surface area contributed by atoms with Crippen LogP contribution in [0.15, 0.2) is 0 Å². The van der Waals surface area contributed by atoms with Gasteiger partial charge in [-0.05, 0) is 18.8 Å². The van der Waals surface area contributed by atoms with E-state index >= 15 is 0 Å². The second-order valence-corrected chi connectivity index (χ2v) is 4.89. The molecule has 0 spiro atoms. The number of nitrogens with two attached hydrogens (primary N) is 1. The Morgan fingerprint density at radius 1 is 1.62 bits per heavy atom. The largest absolute Gasteiger partial charge is 0.341 e. The summed E-state index contributed by atoms with van der Waals surface area (Å²) in [5.41, 5.74) is 5.74. The number of nitrogens with zero attached hydrogens (tertiary/aromatic N) is 1. The smallest absolute Gasteiger partial charge is 0.240 e. The maximum absolute atomic E-state index is 11.9. The first-order valence-electron chi connectivity index (χ1n) is 6.02. The van der Waals surface area contributed by atoms with Gasteiger partial charge in [0.05, 0.1) is 6.04 Å². The predicted octanol–water partition coefficient (Wildman–Crippen LogP) is 1.37. The van der Waals surface area contributed by atoms with Crippen molar-refractivity contribution in [1.82, 2.24) is 4.90 Å². The SMILES string of the molecule is C#CCC(N)C(=O)N(C)C1CCCC(C)C1. The van der Waals surface area contributed by atoms with Crippen LogP contribution in [0, 0.1) is 18.3 Å². The molecule has 3 unspecified atom stereocenters. The highest BCUT2D eigenvalue weighted by molar-refractivity contribution is 5.82. The molecule has 0 aromatic rings. The minimum absolute atomic E-state index is 0.0166. The third-order valence-corrected chi connectivity index (χ3v) is 3.46. The lowest BCUT2D eigenvalue weighted by Crippen LogP contribution is -2.47. The molecule has 3 heteroatoms. The van der Waals surface area contributed by atoms with Crippen molar-refractivity contribution in [1.29, 1.82) is 0 Å². The van der Waals surface area contributed by atoms with Crippen molar-refractivity contribution < 1.29 is 4.79 Å². The number of amides is 1. The Hall–Kier alpha value is -1.01. The van der Waals surface area contributed by atoms with Crippen LogP contribution in [-0.4, -0.2) is 29.9 Å². The second kappa shape index (κ2) is 5.91. The van der Waals surface area contributed by atoms with E-state index in [2.05, 4.69) is 12.8 Å². The normalized spacial score (nSPS) is 26.9. The minimum Gasteiger partial charge on any atom is -0.341 e. The summed E-state index contributed by atoms with van der Waals surface area (Å²) in [4.78, 5) is 13.7. The van der Waals surface area contributed by atoms with Gasteiger partial charge in [-0.2, -0.15) is 0 Å². The number of hydrogen-bond donors (Lipinski definition) is 1. The Balaban J connectivity index is 2.52. The molecule has 0 radical (unpaired) electrons. The first-order chi connectivity index (χ1) is 7.56.